The minimum absolute atomic E-state index is 0.340. The SMILES string of the molecule is O=C(COC(=O)c1cc(-c2ccc(Cl)s2)nc2ccccc12)Nc1ccccc1-c1ccccc1. The van der Waals surface area contributed by atoms with Crippen molar-refractivity contribution in [3.05, 3.63) is 107 Å². The fraction of sp³-hybridized carbons (Fsp3) is 0.0357. The van der Waals surface area contributed by atoms with Gasteiger partial charge in [0.2, 0.25) is 0 Å². The van der Waals surface area contributed by atoms with Gasteiger partial charge in [-0.15, -0.1) is 11.3 Å². The van der Waals surface area contributed by atoms with Crippen LogP contribution in [0.4, 0.5) is 5.69 Å². The van der Waals surface area contributed by atoms with Crippen molar-refractivity contribution in [2.24, 2.45) is 0 Å². The summed E-state index contributed by atoms with van der Waals surface area (Å²) in [5.74, 6) is -1.02. The average molecular weight is 499 g/mol. The Hall–Kier alpha value is -4.00. The summed E-state index contributed by atoms with van der Waals surface area (Å²) in [6.45, 7) is -0.418. The van der Waals surface area contributed by atoms with Gasteiger partial charge in [-0.25, -0.2) is 9.78 Å². The Labute approximate surface area is 211 Å². The van der Waals surface area contributed by atoms with Gasteiger partial charge in [-0.1, -0.05) is 78.3 Å². The molecule has 5 nitrogen and oxygen atoms in total. The number of nitrogens with one attached hydrogen (secondary N) is 1. The van der Waals surface area contributed by atoms with Crippen molar-refractivity contribution in [1.29, 1.82) is 0 Å². The van der Waals surface area contributed by atoms with Crippen molar-refractivity contribution < 1.29 is 14.3 Å². The van der Waals surface area contributed by atoms with Crippen LogP contribution < -0.4 is 5.32 Å². The first-order valence-electron chi connectivity index (χ1n) is 10.9. The zero-order valence-electron chi connectivity index (χ0n) is 18.4. The number of anilines is 1. The number of halogens is 1. The van der Waals surface area contributed by atoms with Crippen molar-refractivity contribution in [2.45, 2.75) is 0 Å². The number of carbonyl (C=O) groups excluding carboxylic acids is 2. The summed E-state index contributed by atoms with van der Waals surface area (Å²) in [5, 5.41) is 3.50. The molecule has 0 saturated carbocycles. The molecule has 0 radical (unpaired) electrons. The Morgan fingerprint density at radius 3 is 2.43 bits per heavy atom. The zero-order chi connectivity index (χ0) is 24.2. The van der Waals surface area contributed by atoms with Crippen molar-refractivity contribution in [2.75, 3.05) is 11.9 Å². The molecule has 5 aromatic rings. The van der Waals surface area contributed by atoms with Gasteiger partial charge in [-0.2, -0.15) is 0 Å². The molecule has 35 heavy (non-hydrogen) atoms. The maximum atomic E-state index is 13.0. The molecule has 7 heteroatoms. The molecule has 3 aromatic carbocycles. The van der Waals surface area contributed by atoms with Gasteiger partial charge < -0.3 is 10.1 Å². The Kier molecular flexibility index (Phi) is 6.57. The molecule has 0 bridgehead atoms. The van der Waals surface area contributed by atoms with E-state index >= 15 is 0 Å². The van der Waals surface area contributed by atoms with Gasteiger partial charge in [0.05, 0.1) is 26.0 Å². The summed E-state index contributed by atoms with van der Waals surface area (Å²) in [4.78, 5) is 31.2. The summed E-state index contributed by atoms with van der Waals surface area (Å²) < 4.78 is 6.04. The minimum atomic E-state index is -0.598. The van der Waals surface area contributed by atoms with E-state index in [1.807, 2.05) is 78.9 Å². The lowest BCUT2D eigenvalue weighted by Crippen LogP contribution is -2.21. The number of carbonyl (C=O) groups is 2. The third kappa shape index (κ3) is 5.09. The van der Waals surface area contributed by atoms with E-state index in [2.05, 4.69) is 10.3 Å². The fourth-order valence-corrected chi connectivity index (χ4v) is 4.78. The third-order valence-electron chi connectivity index (χ3n) is 5.38. The highest BCUT2D eigenvalue weighted by atomic mass is 35.5. The predicted molar refractivity (Wildman–Crippen MR) is 141 cm³/mol. The van der Waals surface area contributed by atoms with Crippen LogP contribution in [0.1, 0.15) is 10.4 Å². The van der Waals surface area contributed by atoms with E-state index in [1.54, 1.807) is 18.2 Å². The number of nitrogens with zero attached hydrogens (tertiary/aromatic N) is 1. The molecule has 0 aliphatic heterocycles. The molecular formula is C28H19ClN2O3S. The standard InChI is InChI=1S/C28H19ClN2O3S/c29-26-15-14-25(35-26)24-16-21(20-11-5-7-13-23(20)30-24)28(33)34-17-27(32)31-22-12-6-4-10-19(22)18-8-2-1-3-9-18/h1-16H,17H2,(H,31,32). The van der Waals surface area contributed by atoms with Gasteiger partial charge in [0, 0.05) is 16.6 Å². The molecular weight excluding hydrogens is 480 g/mol. The number of hydrogen-bond acceptors (Lipinski definition) is 5. The van der Waals surface area contributed by atoms with Crippen LogP contribution in [0.5, 0.6) is 0 Å². The van der Waals surface area contributed by atoms with Gasteiger partial charge in [-0.3, -0.25) is 4.79 Å². The highest BCUT2D eigenvalue weighted by Gasteiger charge is 2.18. The van der Waals surface area contributed by atoms with Crippen molar-refractivity contribution in [3.8, 4) is 21.7 Å². The van der Waals surface area contributed by atoms with Crippen LogP contribution in [0.25, 0.3) is 32.6 Å². The quantitative estimate of drug-likeness (QED) is 0.254. The number of pyridine rings is 1. The monoisotopic (exact) mass is 498 g/mol. The topological polar surface area (TPSA) is 68.3 Å². The lowest BCUT2D eigenvalue weighted by atomic mass is 10.0. The molecule has 0 atom stereocenters. The van der Waals surface area contributed by atoms with E-state index in [9.17, 15) is 9.59 Å². The number of para-hydroxylation sites is 2. The number of amides is 1. The molecule has 1 amide bonds. The summed E-state index contributed by atoms with van der Waals surface area (Å²) in [6.07, 6.45) is 0. The van der Waals surface area contributed by atoms with E-state index in [-0.39, 0.29) is 0 Å². The third-order valence-corrected chi connectivity index (χ3v) is 6.64. The maximum absolute atomic E-state index is 13.0. The van der Waals surface area contributed by atoms with Gasteiger partial charge in [0.25, 0.3) is 5.91 Å². The summed E-state index contributed by atoms with van der Waals surface area (Å²) >= 11 is 7.46. The Bertz CT molecular complexity index is 1530. The van der Waals surface area contributed by atoms with Crippen molar-refractivity contribution in [1.82, 2.24) is 4.98 Å². The smallest absolute Gasteiger partial charge is 0.339 e. The normalized spacial score (nSPS) is 10.8. The molecule has 1 N–H and O–H groups in total. The summed E-state index contributed by atoms with van der Waals surface area (Å²) in [5.41, 5.74) is 4.12. The number of ether oxygens (including phenoxy) is 1. The lowest BCUT2D eigenvalue weighted by Gasteiger charge is -2.12. The van der Waals surface area contributed by atoms with Crippen molar-refractivity contribution >= 4 is 51.4 Å². The second-order valence-electron chi connectivity index (χ2n) is 7.71. The molecule has 172 valence electrons. The van der Waals surface area contributed by atoms with Crippen molar-refractivity contribution in [3.63, 3.8) is 0 Å². The van der Waals surface area contributed by atoms with Crippen LogP contribution >= 0.6 is 22.9 Å². The van der Waals surface area contributed by atoms with Crippen LogP contribution in [-0.2, 0) is 9.53 Å². The number of thiophene rings is 1. The van der Waals surface area contributed by atoms with Gasteiger partial charge in [0.15, 0.2) is 6.61 Å². The summed E-state index contributed by atoms with van der Waals surface area (Å²) in [7, 11) is 0. The highest BCUT2D eigenvalue weighted by Crippen LogP contribution is 2.32. The van der Waals surface area contributed by atoms with E-state index in [0.717, 1.165) is 16.0 Å². The second-order valence-corrected chi connectivity index (χ2v) is 9.43. The van der Waals surface area contributed by atoms with Crippen LogP contribution in [0.15, 0.2) is 97.1 Å². The lowest BCUT2D eigenvalue weighted by molar-refractivity contribution is -0.119. The van der Waals surface area contributed by atoms with Gasteiger partial charge >= 0.3 is 5.97 Å². The number of esters is 1. The zero-order valence-corrected chi connectivity index (χ0v) is 20.0. The van der Waals surface area contributed by atoms with E-state index in [4.69, 9.17) is 16.3 Å². The first-order chi connectivity index (χ1) is 17.1. The van der Waals surface area contributed by atoms with E-state index in [1.165, 1.54) is 11.3 Å². The molecule has 0 spiro atoms. The second kappa shape index (κ2) is 10.1. The number of fused-ring (bicyclic) bond motifs is 1. The Balaban J connectivity index is 1.35. The number of benzene rings is 3. The first-order valence-corrected chi connectivity index (χ1v) is 12.0. The number of rotatable bonds is 6. The first kappa shape index (κ1) is 22.8. The van der Waals surface area contributed by atoms with Crippen LogP contribution in [0, 0.1) is 0 Å². The number of hydrogen-bond donors (Lipinski definition) is 1. The highest BCUT2D eigenvalue weighted by molar-refractivity contribution is 7.19. The van der Waals surface area contributed by atoms with Gasteiger partial charge in [-0.05, 0) is 35.9 Å². The molecule has 0 unspecified atom stereocenters. The molecule has 2 heterocycles. The fourth-order valence-electron chi connectivity index (χ4n) is 3.78. The molecule has 0 aliphatic carbocycles. The molecule has 5 rings (SSSR count). The maximum Gasteiger partial charge on any atom is 0.339 e. The average Bonchev–Trinajstić information content (AvgIpc) is 3.33. The van der Waals surface area contributed by atoms with Crippen LogP contribution in [0.2, 0.25) is 4.34 Å². The minimum Gasteiger partial charge on any atom is -0.452 e. The molecule has 0 fully saturated rings. The van der Waals surface area contributed by atoms with Crippen LogP contribution in [-0.4, -0.2) is 23.5 Å². The molecule has 2 aromatic heterocycles. The Morgan fingerprint density at radius 1 is 0.886 bits per heavy atom. The van der Waals surface area contributed by atoms with Gasteiger partial charge in [0.1, 0.15) is 0 Å². The van der Waals surface area contributed by atoms with Crippen LogP contribution in [0.3, 0.4) is 0 Å². The predicted octanol–water partition coefficient (Wildman–Crippen LogP) is 7.08. The Morgan fingerprint density at radius 2 is 1.63 bits per heavy atom. The van der Waals surface area contributed by atoms with E-state index in [0.29, 0.717) is 32.2 Å². The molecule has 0 aliphatic rings. The molecule has 0 saturated heterocycles. The largest absolute Gasteiger partial charge is 0.452 e. The van der Waals surface area contributed by atoms with E-state index < -0.39 is 18.5 Å². The number of aromatic nitrogens is 1. The summed E-state index contributed by atoms with van der Waals surface area (Å²) in [6, 6.07) is 29.9.